The van der Waals surface area contributed by atoms with Gasteiger partial charge in [0.2, 0.25) is 0 Å². The van der Waals surface area contributed by atoms with Gasteiger partial charge in [-0.15, -0.1) is 0 Å². The molecule has 0 aliphatic rings. The molecule has 4 N–H and O–H groups in total. The van der Waals surface area contributed by atoms with Gasteiger partial charge in [0.15, 0.2) is 0 Å². The zero-order chi connectivity index (χ0) is 17.7. The molecule has 1 heterocycles. The van der Waals surface area contributed by atoms with Crippen LogP contribution in [-0.4, -0.2) is 28.2 Å². The molecule has 0 aliphatic carbocycles. The van der Waals surface area contributed by atoms with Crippen molar-refractivity contribution in [3.05, 3.63) is 35.3 Å². The number of hydrogen-bond acceptors (Lipinski definition) is 4. The zero-order valence-electron chi connectivity index (χ0n) is 13.2. The molecule has 126 valence electrons. The maximum Gasteiger partial charge on any atom is 0.414 e. The van der Waals surface area contributed by atoms with Crippen molar-refractivity contribution < 1.29 is 28.6 Å². The summed E-state index contributed by atoms with van der Waals surface area (Å²) in [4.78, 5) is 18.2. The lowest BCUT2D eigenvalue weighted by Crippen LogP contribution is -2.17. The molecule has 0 radical (unpaired) electrons. The summed E-state index contributed by atoms with van der Waals surface area (Å²) in [6, 6.07) is 3.05. The van der Waals surface area contributed by atoms with E-state index in [9.17, 15) is 4.39 Å². The first-order valence-electron chi connectivity index (χ1n) is 7.04. The molecule has 1 aromatic heterocycles. The van der Waals surface area contributed by atoms with Crippen LogP contribution in [-0.2, 0) is 16.0 Å². The van der Waals surface area contributed by atoms with Crippen LogP contribution in [0.5, 0.6) is 0 Å². The summed E-state index contributed by atoms with van der Waals surface area (Å²) in [5.41, 5.74) is 8.43. The molecule has 0 fully saturated rings. The molecule has 6 nitrogen and oxygen atoms in total. The van der Waals surface area contributed by atoms with Gasteiger partial charge in [0.25, 0.3) is 0 Å². The van der Waals surface area contributed by atoms with Crippen molar-refractivity contribution >= 4 is 22.9 Å². The fourth-order valence-electron chi connectivity index (χ4n) is 2.14. The summed E-state index contributed by atoms with van der Waals surface area (Å²) in [6.45, 7) is 6.05. The molecule has 1 unspecified atom stereocenters. The SMILES string of the molecule is CC(N)Cc1cc(F)cc2c(C(C)C)coc12.O=C(O)C(=O)O. The molecule has 0 saturated heterocycles. The number of fused-ring (bicyclic) bond motifs is 1. The summed E-state index contributed by atoms with van der Waals surface area (Å²) < 4.78 is 19.2. The fourth-order valence-corrected chi connectivity index (χ4v) is 2.14. The van der Waals surface area contributed by atoms with Crippen LogP contribution in [0.2, 0.25) is 0 Å². The summed E-state index contributed by atoms with van der Waals surface area (Å²) in [6.07, 6.45) is 2.35. The molecular weight excluding hydrogens is 305 g/mol. The van der Waals surface area contributed by atoms with Gasteiger partial charge in [-0.25, -0.2) is 14.0 Å². The number of aliphatic carboxylic acids is 2. The van der Waals surface area contributed by atoms with Gasteiger partial charge in [-0.3, -0.25) is 0 Å². The van der Waals surface area contributed by atoms with Crippen molar-refractivity contribution in [2.45, 2.75) is 39.2 Å². The monoisotopic (exact) mass is 325 g/mol. The number of nitrogens with two attached hydrogens (primary N) is 1. The minimum absolute atomic E-state index is 0.00685. The predicted molar refractivity (Wildman–Crippen MR) is 82.9 cm³/mol. The van der Waals surface area contributed by atoms with E-state index < -0.39 is 11.9 Å². The first kappa shape index (κ1) is 18.6. The van der Waals surface area contributed by atoms with Crippen LogP contribution in [0.4, 0.5) is 4.39 Å². The molecule has 23 heavy (non-hydrogen) atoms. The van der Waals surface area contributed by atoms with Gasteiger partial charge in [-0.2, -0.15) is 0 Å². The minimum Gasteiger partial charge on any atom is -0.473 e. The number of halogens is 1. The summed E-state index contributed by atoms with van der Waals surface area (Å²) >= 11 is 0. The highest BCUT2D eigenvalue weighted by atomic mass is 19.1. The molecule has 0 spiro atoms. The molecule has 1 aromatic carbocycles. The van der Waals surface area contributed by atoms with E-state index in [2.05, 4.69) is 13.8 Å². The number of rotatable bonds is 3. The highest BCUT2D eigenvalue weighted by Gasteiger charge is 2.15. The summed E-state index contributed by atoms with van der Waals surface area (Å²) in [5.74, 6) is -3.55. The Balaban J connectivity index is 0.000000379. The van der Waals surface area contributed by atoms with E-state index in [0.29, 0.717) is 12.3 Å². The van der Waals surface area contributed by atoms with Crippen LogP contribution >= 0.6 is 0 Å². The van der Waals surface area contributed by atoms with E-state index in [4.69, 9.17) is 30.0 Å². The Hall–Kier alpha value is -2.41. The minimum atomic E-state index is -1.82. The number of hydrogen-bond donors (Lipinski definition) is 3. The number of carboxylic acid groups (broad SMARTS) is 2. The van der Waals surface area contributed by atoms with E-state index in [0.717, 1.165) is 22.1 Å². The largest absolute Gasteiger partial charge is 0.473 e. The molecule has 7 heteroatoms. The Morgan fingerprint density at radius 2 is 1.78 bits per heavy atom. The van der Waals surface area contributed by atoms with E-state index in [1.807, 2.05) is 6.92 Å². The maximum atomic E-state index is 13.6. The molecule has 2 rings (SSSR count). The van der Waals surface area contributed by atoms with Crippen LogP contribution in [0.25, 0.3) is 11.0 Å². The molecular formula is C16H20FNO5. The number of carbonyl (C=O) groups is 2. The van der Waals surface area contributed by atoms with Gasteiger partial charge in [-0.1, -0.05) is 13.8 Å². The van der Waals surface area contributed by atoms with Crippen LogP contribution in [0.1, 0.15) is 37.8 Å². The number of carboxylic acids is 2. The van der Waals surface area contributed by atoms with Gasteiger partial charge < -0.3 is 20.4 Å². The van der Waals surface area contributed by atoms with Gasteiger partial charge in [-0.05, 0) is 37.0 Å². The summed E-state index contributed by atoms with van der Waals surface area (Å²) in [7, 11) is 0. The lowest BCUT2D eigenvalue weighted by Gasteiger charge is -2.07. The highest BCUT2D eigenvalue weighted by molar-refractivity contribution is 6.27. The summed E-state index contributed by atoms with van der Waals surface area (Å²) in [5, 5.41) is 15.7. The molecule has 0 amide bonds. The average molecular weight is 325 g/mol. The Morgan fingerprint density at radius 1 is 1.22 bits per heavy atom. The van der Waals surface area contributed by atoms with Crippen molar-refractivity contribution in [1.82, 2.24) is 0 Å². The Labute approximate surface area is 132 Å². The standard InChI is InChI=1S/C14H18FNO.C2H2O4/c1-8(2)13-7-17-14-10(4-9(3)16)5-11(15)6-12(13)14;3-1(4)2(5)6/h5-9H,4,16H2,1-3H3;(H,3,4)(H,5,6). The second kappa shape index (κ2) is 7.73. The van der Waals surface area contributed by atoms with Gasteiger partial charge >= 0.3 is 11.9 Å². The van der Waals surface area contributed by atoms with E-state index in [1.165, 1.54) is 6.07 Å². The topological polar surface area (TPSA) is 114 Å². The predicted octanol–water partition coefficient (Wildman–Crippen LogP) is 2.74. The van der Waals surface area contributed by atoms with Crippen molar-refractivity contribution in [1.29, 1.82) is 0 Å². The average Bonchev–Trinajstić information content (AvgIpc) is 2.82. The van der Waals surface area contributed by atoms with Gasteiger partial charge in [0.1, 0.15) is 11.4 Å². The zero-order valence-corrected chi connectivity index (χ0v) is 13.2. The highest BCUT2D eigenvalue weighted by Crippen LogP contribution is 2.31. The quantitative estimate of drug-likeness (QED) is 0.748. The molecule has 2 aromatic rings. The van der Waals surface area contributed by atoms with Gasteiger partial charge in [0, 0.05) is 17.0 Å². The Kier molecular flexibility index (Phi) is 6.27. The van der Waals surface area contributed by atoms with E-state index in [1.54, 1.807) is 12.3 Å². The van der Waals surface area contributed by atoms with Crippen LogP contribution in [0, 0.1) is 5.82 Å². The first-order valence-corrected chi connectivity index (χ1v) is 7.04. The maximum absolute atomic E-state index is 13.6. The van der Waals surface area contributed by atoms with Crippen molar-refractivity contribution in [3.63, 3.8) is 0 Å². The normalized spacial score (nSPS) is 11.9. The Bertz CT molecular complexity index is 694. The first-order chi connectivity index (χ1) is 10.6. The van der Waals surface area contributed by atoms with Crippen LogP contribution in [0.3, 0.4) is 0 Å². The molecule has 0 aliphatic heterocycles. The van der Waals surface area contributed by atoms with Crippen molar-refractivity contribution in [2.24, 2.45) is 5.73 Å². The lowest BCUT2D eigenvalue weighted by molar-refractivity contribution is -0.159. The second-order valence-electron chi connectivity index (χ2n) is 5.58. The third-order valence-corrected chi connectivity index (χ3v) is 3.09. The van der Waals surface area contributed by atoms with Crippen LogP contribution < -0.4 is 5.73 Å². The molecule has 1 atom stereocenters. The van der Waals surface area contributed by atoms with Crippen LogP contribution in [0.15, 0.2) is 22.8 Å². The molecule has 0 saturated carbocycles. The van der Waals surface area contributed by atoms with Crippen molar-refractivity contribution in [3.8, 4) is 0 Å². The third kappa shape index (κ3) is 5.07. The number of benzene rings is 1. The second-order valence-corrected chi connectivity index (χ2v) is 5.58. The fraction of sp³-hybridized carbons (Fsp3) is 0.375. The van der Waals surface area contributed by atoms with E-state index >= 15 is 0 Å². The van der Waals surface area contributed by atoms with Gasteiger partial charge in [0.05, 0.1) is 6.26 Å². The van der Waals surface area contributed by atoms with Crippen molar-refractivity contribution in [2.75, 3.05) is 0 Å². The van der Waals surface area contributed by atoms with E-state index in [-0.39, 0.29) is 11.9 Å². The third-order valence-electron chi connectivity index (χ3n) is 3.09. The smallest absolute Gasteiger partial charge is 0.414 e. The molecule has 0 bridgehead atoms. The lowest BCUT2D eigenvalue weighted by atomic mass is 9.99. The Morgan fingerprint density at radius 3 is 2.22 bits per heavy atom. The number of furan rings is 1.